The second-order valence-corrected chi connectivity index (χ2v) is 5.29. The van der Waals surface area contributed by atoms with Gasteiger partial charge in [-0.3, -0.25) is 4.79 Å². The van der Waals surface area contributed by atoms with E-state index in [-0.39, 0.29) is 18.4 Å². The number of carbonyl (C=O) groups is 1. The smallest absolute Gasteiger partial charge is 0.223 e. The zero-order valence-corrected chi connectivity index (χ0v) is 11.2. The first kappa shape index (κ1) is 13.9. The van der Waals surface area contributed by atoms with E-state index in [0.717, 1.165) is 25.7 Å². The summed E-state index contributed by atoms with van der Waals surface area (Å²) in [5.74, 6) is 0.348. The summed E-state index contributed by atoms with van der Waals surface area (Å²) in [5.41, 5.74) is -0.821. The summed E-state index contributed by atoms with van der Waals surface area (Å²) in [4.78, 5) is 12.0. The van der Waals surface area contributed by atoms with Crippen LogP contribution in [0.25, 0.3) is 0 Å². The molecule has 0 spiro atoms. The van der Waals surface area contributed by atoms with Gasteiger partial charge in [0.15, 0.2) is 5.82 Å². The van der Waals surface area contributed by atoms with Crippen molar-refractivity contribution in [2.45, 2.75) is 63.5 Å². The van der Waals surface area contributed by atoms with Crippen molar-refractivity contribution in [2.75, 3.05) is 0 Å². The van der Waals surface area contributed by atoms with Crippen LogP contribution in [-0.2, 0) is 4.79 Å². The molecule has 0 saturated heterocycles. The number of nitrogens with one attached hydrogen (secondary N) is 2. The van der Waals surface area contributed by atoms with Crippen LogP contribution in [0.5, 0.6) is 0 Å². The van der Waals surface area contributed by atoms with E-state index in [9.17, 15) is 9.90 Å². The van der Waals surface area contributed by atoms with E-state index >= 15 is 0 Å². The molecule has 1 fully saturated rings. The van der Waals surface area contributed by atoms with Crippen LogP contribution in [0.2, 0.25) is 0 Å². The molecule has 1 aliphatic rings. The molecule has 0 bridgehead atoms. The number of H-pyrrole nitrogens is 1. The van der Waals surface area contributed by atoms with E-state index in [4.69, 9.17) is 0 Å². The third-order valence-corrected chi connectivity index (χ3v) is 3.61. The number of tetrazole rings is 1. The van der Waals surface area contributed by atoms with Gasteiger partial charge in [0, 0.05) is 0 Å². The average Bonchev–Trinajstić information content (AvgIpc) is 2.99. The highest BCUT2D eigenvalue weighted by atomic mass is 16.3. The summed E-state index contributed by atoms with van der Waals surface area (Å²) < 4.78 is 0. The lowest BCUT2D eigenvalue weighted by Crippen LogP contribution is -2.36. The number of aromatic amines is 1. The Kier molecular flexibility index (Phi) is 4.47. The Bertz CT molecular complexity index is 400. The molecule has 1 heterocycles. The fraction of sp³-hybridized carbons (Fsp3) is 0.833. The fourth-order valence-electron chi connectivity index (χ4n) is 2.63. The highest BCUT2D eigenvalue weighted by Crippen LogP contribution is 2.32. The second-order valence-electron chi connectivity index (χ2n) is 5.29. The molecule has 7 nitrogen and oxygen atoms in total. The monoisotopic (exact) mass is 267 g/mol. The van der Waals surface area contributed by atoms with E-state index < -0.39 is 5.60 Å². The number of nitrogens with zero attached hydrogens (tertiary/aromatic N) is 3. The first-order chi connectivity index (χ1) is 9.13. The Morgan fingerprint density at radius 1 is 1.53 bits per heavy atom. The van der Waals surface area contributed by atoms with Crippen LogP contribution in [0, 0.1) is 0 Å². The molecule has 0 aliphatic heterocycles. The molecule has 1 amide bonds. The van der Waals surface area contributed by atoms with E-state index in [1.54, 1.807) is 0 Å². The van der Waals surface area contributed by atoms with Gasteiger partial charge in [-0.25, -0.2) is 0 Å². The summed E-state index contributed by atoms with van der Waals surface area (Å²) in [7, 11) is 0. The van der Waals surface area contributed by atoms with Crippen molar-refractivity contribution in [3.63, 3.8) is 0 Å². The maximum Gasteiger partial charge on any atom is 0.223 e. The lowest BCUT2D eigenvalue weighted by Gasteiger charge is -2.23. The molecule has 0 radical (unpaired) electrons. The number of hydrogen-bond donors (Lipinski definition) is 3. The predicted octanol–water partition coefficient (Wildman–Crippen LogP) is 0.852. The van der Waals surface area contributed by atoms with Crippen molar-refractivity contribution in [1.82, 2.24) is 25.9 Å². The largest absolute Gasteiger partial charge is 0.389 e. The van der Waals surface area contributed by atoms with Gasteiger partial charge in [-0.15, -0.1) is 10.2 Å². The molecule has 1 saturated carbocycles. The third kappa shape index (κ3) is 3.73. The minimum absolute atomic E-state index is 0.146. The Hall–Kier alpha value is -1.50. The van der Waals surface area contributed by atoms with Crippen molar-refractivity contribution >= 4 is 5.91 Å². The average molecular weight is 267 g/mol. The van der Waals surface area contributed by atoms with Crippen LogP contribution in [0.3, 0.4) is 0 Å². The number of hydrogen-bond acceptors (Lipinski definition) is 5. The molecule has 19 heavy (non-hydrogen) atoms. The minimum Gasteiger partial charge on any atom is -0.389 e. The lowest BCUT2D eigenvalue weighted by molar-refractivity contribution is -0.126. The number of aromatic nitrogens is 4. The number of aliphatic hydroxyl groups is 1. The van der Waals surface area contributed by atoms with Gasteiger partial charge in [-0.1, -0.05) is 31.4 Å². The van der Waals surface area contributed by atoms with Crippen LogP contribution in [0.4, 0.5) is 0 Å². The highest BCUT2D eigenvalue weighted by Gasteiger charge is 2.34. The molecule has 1 unspecified atom stereocenters. The van der Waals surface area contributed by atoms with Gasteiger partial charge in [0.25, 0.3) is 0 Å². The second kappa shape index (κ2) is 6.10. The summed E-state index contributed by atoms with van der Waals surface area (Å²) in [6, 6.07) is -0.235. The quantitative estimate of drug-likeness (QED) is 0.709. The lowest BCUT2D eigenvalue weighted by atomic mass is 9.97. The van der Waals surface area contributed by atoms with Crippen molar-refractivity contribution in [1.29, 1.82) is 0 Å². The Labute approximate surface area is 112 Å². The Balaban J connectivity index is 1.91. The zero-order valence-electron chi connectivity index (χ0n) is 11.2. The summed E-state index contributed by atoms with van der Waals surface area (Å²) in [6.07, 6.45) is 5.22. The first-order valence-corrected chi connectivity index (χ1v) is 6.88. The number of amides is 1. The molecule has 1 atom stereocenters. The molecule has 3 N–H and O–H groups in total. The fourth-order valence-corrected chi connectivity index (χ4v) is 2.63. The summed E-state index contributed by atoms with van der Waals surface area (Å²) in [5, 5.41) is 26.8. The van der Waals surface area contributed by atoms with Gasteiger partial charge in [0.05, 0.1) is 18.1 Å². The van der Waals surface area contributed by atoms with Gasteiger partial charge in [0.1, 0.15) is 0 Å². The molecule has 0 aromatic carbocycles. The van der Waals surface area contributed by atoms with Gasteiger partial charge < -0.3 is 10.4 Å². The number of rotatable bonds is 6. The van der Waals surface area contributed by atoms with Crippen LogP contribution >= 0.6 is 0 Å². The van der Waals surface area contributed by atoms with Crippen LogP contribution in [0.1, 0.15) is 63.7 Å². The molecule has 106 valence electrons. The van der Waals surface area contributed by atoms with Crippen molar-refractivity contribution in [3.05, 3.63) is 5.82 Å². The van der Waals surface area contributed by atoms with E-state index in [0.29, 0.717) is 18.7 Å². The zero-order chi connectivity index (χ0) is 13.7. The SMILES string of the molecule is CCCC(NC(=O)CC1(O)CCCC1)c1nn[nH]n1. The standard InChI is InChI=1S/C12H21N5O2/c1-2-5-9(11-14-16-17-15-11)13-10(18)8-12(19)6-3-4-7-12/h9,19H,2-8H2,1H3,(H,13,18)(H,14,15,16,17). The maximum atomic E-state index is 12.0. The molecular formula is C12H21N5O2. The molecule has 1 aromatic heterocycles. The maximum absolute atomic E-state index is 12.0. The van der Waals surface area contributed by atoms with Gasteiger partial charge in [-0.2, -0.15) is 5.21 Å². The summed E-state index contributed by atoms with van der Waals surface area (Å²) in [6.45, 7) is 2.03. The number of carbonyl (C=O) groups excluding carboxylic acids is 1. The molecule has 1 aliphatic carbocycles. The van der Waals surface area contributed by atoms with Crippen molar-refractivity contribution < 1.29 is 9.90 Å². The van der Waals surface area contributed by atoms with Crippen LogP contribution in [0.15, 0.2) is 0 Å². The third-order valence-electron chi connectivity index (χ3n) is 3.61. The Morgan fingerprint density at radius 3 is 2.84 bits per heavy atom. The molecule has 7 heteroatoms. The van der Waals surface area contributed by atoms with Gasteiger partial charge in [-0.05, 0) is 19.3 Å². The van der Waals surface area contributed by atoms with Crippen LogP contribution < -0.4 is 5.32 Å². The summed E-state index contributed by atoms with van der Waals surface area (Å²) >= 11 is 0. The Morgan fingerprint density at radius 2 is 2.26 bits per heavy atom. The molecular weight excluding hydrogens is 246 g/mol. The predicted molar refractivity (Wildman–Crippen MR) is 68.0 cm³/mol. The highest BCUT2D eigenvalue weighted by molar-refractivity contribution is 5.77. The molecule has 1 aromatic rings. The minimum atomic E-state index is -0.821. The van der Waals surface area contributed by atoms with Gasteiger partial charge >= 0.3 is 0 Å². The normalized spacial score (nSPS) is 19.3. The topological polar surface area (TPSA) is 104 Å². The van der Waals surface area contributed by atoms with E-state index in [2.05, 4.69) is 25.9 Å². The van der Waals surface area contributed by atoms with Crippen LogP contribution in [-0.4, -0.2) is 37.2 Å². The first-order valence-electron chi connectivity index (χ1n) is 6.88. The van der Waals surface area contributed by atoms with Gasteiger partial charge in [0.2, 0.25) is 5.91 Å². The van der Waals surface area contributed by atoms with E-state index in [1.165, 1.54) is 0 Å². The van der Waals surface area contributed by atoms with E-state index in [1.807, 2.05) is 6.92 Å². The van der Waals surface area contributed by atoms with Crippen molar-refractivity contribution in [2.24, 2.45) is 0 Å². The molecule has 2 rings (SSSR count). The van der Waals surface area contributed by atoms with Crippen molar-refractivity contribution in [3.8, 4) is 0 Å².